The number of rotatable bonds is 8. The minimum absolute atomic E-state index is 0.162. The maximum atomic E-state index is 11.5. The second-order valence-corrected chi connectivity index (χ2v) is 4.48. The van der Waals surface area contributed by atoms with E-state index < -0.39 is 25.8 Å². The summed E-state index contributed by atoms with van der Waals surface area (Å²) in [5.74, 6) is -3.01. The Labute approximate surface area is 101 Å². The van der Waals surface area contributed by atoms with E-state index in [4.69, 9.17) is 9.26 Å². The molecule has 0 aliphatic heterocycles. The molecule has 2 atom stereocenters. The monoisotopic (exact) mass is 265 g/mol. The Kier molecular flexibility index (Phi) is 8.54. The van der Waals surface area contributed by atoms with Crippen LogP contribution in [0.25, 0.3) is 0 Å². The average Bonchev–Trinajstić information content (AvgIpc) is 2.26. The third-order valence-corrected chi connectivity index (χ3v) is 2.88. The lowest BCUT2D eigenvalue weighted by Crippen LogP contribution is -2.26. The Bertz CT molecular complexity index is 278. The molecular weight excluding hydrogens is 247 g/mol. The van der Waals surface area contributed by atoms with E-state index in [2.05, 4.69) is 4.74 Å². The molecule has 0 bridgehead atoms. The van der Waals surface area contributed by atoms with Gasteiger partial charge in [-0.15, -0.1) is 4.52 Å². The largest absolute Gasteiger partial charge is 0.566 e. The summed E-state index contributed by atoms with van der Waals surface area (Å²) in [6.45, 7) is 5.07. The van der Waals surface area contributed by atoms with Gasteiger partial charge in [-0.05, 0) is 17.9 Å². The van der Waals surface area contributed by atoms with Crippen LogP contribution in [0, 0.1) is 0 Å². The summed E-state index contributed by atoms with van der Waals surface area (Å²) >= 11 is 0. The van der Waals surface area contributed by atoms with E-state index in [9.17, 15) is 14.2 Å². The molecule has 0 spiro atoms. The molecule has 0 rings (SSSR count). The predicted molar refractivity (Wildman–Crippen MR) is 60.7 cm³/mol. The normalized spacial score (nSPS) is 12.8. The SMILES string of the molecule is CCCCOC(=O)C(OC(C)=O)[P+](=O)OCC. The van der Waals surface area contributed by atoms with Gasteiger partial charge in [-0.25, -0.2) is 4.79 Å². The Balaban J connectivity index is 4.39. The molecule has 0 fully saturated rings. The number of carbonyl (C=O) groups is 2. The quantitative estimate of drug-likeness (QED) is 0.379. The fourth-order valence-electron chi connectivity index (χ4n) is 0.918. The molecule has 0 amide bonds. The molecule has 0 radical (unpaired) electrons. The van der Waals surface area contributed by atoms with Crippen LogP contribution >= 0.6 is 8.03 Å². The van der Waals surface area contributed by atoms with Crippen molar-refractivity contribution >= 4 is 20.0 Å². The van der Waals surface area contributed by atoms with Gasteiger partial charge in [-0.3, -0.25) is 4.79 Å². The second-order valence-electron chi connectivity index (χ2n) is 3.19. The van der Waals surface area contributed by atoms with Crippen molar-refractivity contribution in [2.24, 2.45) is 0 Å². The van der Waals surface area contributed by atoms with Crippen LogP contribution < -0.4 is 0 Å². The minimum Gasteiger partial charge on any atom is -0.459 e. The highest BCUT2D eigenvalue weighted by Crippen LogP contribution is 2.31. The maximum Gasteiger partial charge on any atom is 0.566 e. The van der Waals surface area contributed by atoms with E-state index in [0.29, 0.717) is 6.42 Å². The molecule has 0 saturated heterocycles. The molecule has 0 N–H and O–H groups in total. The highest BCUT2D eigenvalue weighted by molar-refractivity contribution is 7.41. The van der Waals surface area contributed by atoms with Crippen molar-refractivity contribution in [3.05, 3.63) is 0 Å². The van der Waals surface area contributed by atoms with Gasteiger partial charge in [-0.2, -0.15) is 0 Å². The Morgan fingerprint density at radius 1 is 1.29 bits per heavy atom. The smallest absolute Gasteiger partial charge is 0.459 e. The van der Waals surface area contributed by atoms with Gasteiger partial charge in [0.15, 0.2) is 0 Å². The lowest BCUT2D eigenvalue weighted by molar-refractivity contribution is -0.161. The zero-order chi connectivity index (χ0) is 13.3. The van der Waals surface area contributed by atoms with E-state index in [1.165, 1.54) is 0 Å². The van der Waals surface area contributed by atoms with E-state index in [1.807, 2.05) is 6.92 Å². The first-order chi connectivity index (χ1) is 8.02. The molecule has 0 saturated carbocycles. The highest BCUT2D eigenvalue weighted by Gasteiger charge is 2.44. The van der Waals surface area contributed by atoms with Crippen LogP contribution in [0.2, 0.25) is 0 Å². The Morgan fingerprint density at radius 3 is 2.41 bits per heavy atom. The molecule has 6 nitrogen and oxygen atoms in total. The number of ether oxygens (including phenoxy) is 2. The first kappa shape index (κ1) is 16.0. The maximum absolute atomic E-state index is 11.5. The van der Waals surface area contributed by atoms with Gasteiger partial charge in [0.1, 0.15) is 0 Å². The lowest BCUT2D eigenvalue weighted by Gasteiger charge is -2.06. The standard InChI is InChI=1S/C10H18O6P/c1-4-6-7-14-9(12)10(16-8(3)11)17(13)15-5-2/h10H,4-7H2,1-3H3/q+1. The van der Waals surface area contributed by atoms with E-state index >= 15 is 0 Å². The van der Waals surface area contributed by atoms with Crippen LogP contribution in [0.3, 0.4) is 0 Å². The first-order valence-corrected chi connectivity index (χ1v) is 6.70. The van der Waals surface area contributed by atoms with E-state index in [1.54, 1.807) is 6.92 Å². The molecule has 98 valence electrons. The minimum atomic E-state index is -2.40. The number of hydrogen-bond acceptors (Lipinski definition) is 6. The van der Waals surface area contributed by atoms with Crippen molar-refractivity contribution in [1.29, 1.82) is 0 Å². The summed E-state index contributed by atoms with van der Waals surface area (Å²) in [6, 6.07) is 0. The Morgan fingerprint density at radius 2 is 1.94 bits per heavy atom. The molecule has 0 aromatic heterocycles. The number of esters is 2. The number of hydrogen-bond donors (Lipinski definition) is 0. The number of unbranched alkanes of at least 4 members (excludes halogenated alkanes) is 1. The zero-order valence-electron chi connectivity index (χ0n) is 10.3. The topological polar surface area (TPSA) is 78.9 Å². The van der Waals surface area contributed by atoms with Gasteiger partial charge in [0, 0.05) is 6.92 Å². The third kappa shape index (κ3) is 7.02. The van der Waals surface area contributed by atoms with Crippen molar-refractivity contribution in [3.8, 4) is 0 Å². The summed E-state index contributed by atoms with van der Waals surface area (Å²) < 4.78 is 25.7. The van der Waals surface area contributed by atoms with E-state index in [0.717, 1.165) is 13.3 Å². The molecule has 0 aromatic carbocycles. The summed E-state index contributed by atoms with van der Waals surface area (Å²) in [5, 5.41) is 0. The highest BCUT2D eigenvalue weighted by atomic mass is 31.1. The summed E-state index contributed by atoms with van der Waals surface area (Å²) in [4.78, 5) is 22.3. The molecule has 0 heterocycles. The molecule has 0 aliphatic carbocycles. The fourth-order valence-corrected chi connectivity index (χ4v) is 1.79. The van der Waals surface area contributed by atoms with Crippen LogP contribution in [0.15, 0.2) is 0 Å². The van der Waals surface area contributed by atoms with Gasteiger partial charge in [0.25, 0.3) is 0 Å². The summed E-state index contributed by atoms with van der Waals surface area (Å²) in [7, 11) is -2.40. The second kappa shape index (κ2) is 9.07. The molecule has 2 unspecified atom stereocenters. The molecule has 0 aromatic rings. The third-order valence-electron chi connectivity index (χ3n) is 1.67. The van der Waals surface area contributed by atoms with Crippen LogP contribution in [-0.2, 0) is 28.2 Å². The average molecular weight is 265 g/mol. The van der Waals surface area contributed by atoms with Crippen molar-refractivity contribution in [2.45, 2.75) is 39.5 Å². The van der Waals surface area contributed by atoms with Crippen molar-refractivity contribution in [1.82, 2.24) is 0 Å². The molecule has 7 heteroatoms. The summed E-state index contributed by atoms with van der Waals surface area (Å²) in [6.07, 6.45) is 1.56. The van der Waals surface area contributed by atoms with Crippen LogP contribution in [0.1, 0.15) is 33.6 Å². The van der Waals surface area contributed by atoms with Crippen molar-refractivity contribution < 1.29 is 28.2 Å². The van der Waals surface area contributed by atoms with Crippen molar-refractivity contribution in [2.75, 3.05) is 13.2 Å². The predicted octanol–water partition coefficient (Wildman–Crippen LogP) is 2.00. The van der Waals surface area contributed by atoms with Gasteiger partial charge in [0.2, 0.25) is 0 Å². The molecular formula is C10H18O6P+. The summed E-state index contributed by atoms with van der Waals surface area (Å²) in [5.41, 5.74) is 0. The van der Waals surface area contributed by atoms with Gasteiger partial charge >= 0.3 is 25.8 Å². The van der Waals surface area contributed by atoms with Crippen molar-refractivity contribution in [3.63, 3.8) is 0 Å². The fraction of sp³-hybridized carbons (Fsp3) is 0.800. The van der Waals surface area contributed by atoms with Gasteiger partial charge in [-0.1, -0.05) is 13.3 Å². The first-order valence-electron chi connectivity index (χ1n) is 5.46. The van der Waals surface area contributed by atoms with Crippen LogP contribution in [0.4, 0.5) is 0 Å². The van der Waals surface area contributed by atoms with Crippen LogP contribution in [0.5, 0.6) is 0 Å². The molecule has 0 aliphatic rings. The van der Waals surface area contributed by atoms with Gasteiger partial charge in [0.05, 0.1) is 13.2 Å². The van der Waals surface area contributed by atoms with Crippen LogP contribution in [-0.4, -0.2) is 31.0 Å². The number of carbonyl (C=O) groups excluding carboxylic acids is 2. The van der Waals surface area contributed by atoms with Gasteiger partial charge < -0.3 is 9.47 Å². The lowest BCUT2D eigenvalue weighted by atomic mass is 10.4. The zero-order valence-corrected chi connectivity index (χ0v) is 11.2. The van der Waals surface area contributed by atoms with E-state index in [-0.39, 0.29) is 13.2 Å². The molecule has 17 heavy (non-hydrogen) atoms. The Hall–Kier alpha value is -1.00.